The number of rotatable bonds is 2. The lowest BCUT2D eigenvalue weighted by molar-refractivity contribution is -0.916. The zero-order valence-corrected chi connectivity index (χ0v) is 8.73. The Labute approximate surface area is 81.7 Å². The molecule has 2 fully saturated rings. The van der Waals surface area contributed by atoms with E-state index >= 15 is 0 Å². The van der Waals surface area contributed by atoms with Crippen LogP contribution in [-0.4, -0.2) is 32.2 Å². The van der Waals surface area contributed by atoms with Crippen LogP contribution in [-0.2, 0) is 0 Å². The molecule has 0 saturated carbocycles. The van der Waals surface area contributed by atoms with Gasteiger partial charge < -0.3 is 10.2 Å². The molecule has 13 heavy (non-hydrogen) atoms. The Balaban J connectivity index is 1.71. The molecule has 1 atom stereocenters. The lowest BCUT2D eigenvalue weighted by atomic mass is 10.2. The summed E-state index contributed by atoms with van der Waals surface area (Å²) >= 11 is 0. The van der Waals surface area contributed by atoms with Gasteiger partial charge in [0.2, 0.25) is 0 Å². The van der Waals surface area contributed by atoms with Gasteiger partial charge in [0.25, 0.3) is 0 Å². The fraction of sp³-hybridized carbons (Fsp3) is 1.00. The number of likely N-dealkylation sites (tertiary alicyclic amines) is 1. The molecular formula is C11H24N2+2. The highest BCUT2D eigenvalue weighted by atomic mass is 15.2. The van der Waals surface area contributed by atoms with E-state index < -0.39 is 0 Å². The molecule has 2 heterocycles. The molecule has 2 heteroatoms. The van der Waals surface area contributed by atoms with E-state index in [-0.39, 0.29) is 0 Å². The second kappa shape index (κ2) is 4.97. The summed E-state index contributed by atoms with van der Waals surface area (Å²) in [5, 5.41) is 2.57. The third-order valence-electron chi connectivity index (χ3n) is 3.64. The maximum absolute atomic E-state index is 2.57. The molecule has 0 amide bonds. The average molecular weight is 184 g/mol. The summed E-state index contributed by atoms with van der Waals surface area (Å²) in [5.41, 5.74) is 0. The molecule has 3 N–H and O–H groups in total. The van der Waals surface area contributed by atoms with Gasteiger partial charge >= 0.3 is 0 Å². The second-order valence-electron chi connectivity index (χ2n) is 4.80. The minimum absolute atomic E-state index is 0.966. The third kappa shape index (κ3) is 2.96. The molecule has 2 aliphatic rings. The van der Waals surface area contributed by atoms with Crippen molar-refractivity contribution in [3.63, 3.8) is 0 Å². The van der Waals surface area contributed by atoms with Crippen LogP contribution < -0.4 is 10.2 Å². The van der Waals surface area contributed by atoms with Crippen molar-refractivity contribution in [3.8, 4) is 0 Å². The largest absolute Gasteiger partial charge is 0.339 e. The lowest BCUT2D eigenvalue weighted by Crippen LogP contribution is -3.15. The summed E-state index contributed by atoms with van der Waals surface area (Å²) in [6, 6.07) is 0.966. The summed E-state index contributed by atoms with van der Waals surface area (Å²) < 4.78 is 0. The summed E-state index contributed by atoms with van der Waals surface area (Å²) in [4.78, 5) is 1.89. The van der Waals surface area contributed by atoms with Crippen LogP contribution in [0.5, 0.6) is 0 Å². The van der Waals surface area contributed by atoms with E-state index in [1.54, 1.807) is 0 Å². The standard InChI is InChI=1S/C11H22N2/c1-2-4-9-13(8-3-1)10-11-6-5-7-12-11/h11-12H,1-10H2/p+2/t11-/m1/s1. The van der Waals surface area contributed by atoms with Crippen LogP contribution in [0.3, 0.4) is 0 Å². The molecule has 0 aromatic carbocycles. The van der Waals surface area contributed by atoms with Gasteiger partial charge in [0.1, 0.15) is 12.6 Å². The van der Waals surface area contributed by atoms with Gasteiger partial charge in [-0.15, -0.1) is 0 Å². The Morgan fingerprint density at radius 3 is 2.38 bits per heavy atom. The van der Waals surface area contributed by atoms with E-state index in [1.165, 1.54) is 64.7 Å². The van der Waals surface area contributed by atoms with Crippen LogP contribution in [0.2, 0.25) is 0 Å². The molecule has 0 unspecified atom stereocenters. The molecule has 2 saturated heterocycles. The molecule has 2 aliphatic heterocycles. The van der Waals surface area contributed by atoms with E-state index in [9.17, 15) is 0 Å². The van der Waals surface area contributed by atoms with Crippen LogP contribution in [0.1, 0.15) is 38.5 Å². The number of nitrogens with two attached hydrogens (primary N) is 1. The van der Waals surface area contributed by atoms with Gasteiger partial charge in [-0.1, -0.05) is 0 Å². The van der Waals surface area contributed by atoms with Crippen molar-refractivity contribution in [2.45, 2.75) is 44.6 Å². The van der Waals surface area contributed by atoms with Crippen LogP contribution in [0.15, 0.2) is 0 Å². The normalized spacial score (nSPS) is 31.8. The van der Waals surface area contributed by atoms with Crippen molar-refractivity contribution >= 4 is 0 Å². The van der Waals surface area contributed by atoms with Crippen molar-refractivity contribution in [2.75, 3.05) is 26.2 Å². The van der Waals surface area contributed by atoms with Gasteiger partial charge in [-0.05, 0) is 25.7 Å². The monoisotopic (exact) mass is 184 g/mol. The van der Waals surface area contributed by atoms with Gasteiger partial charge in [-0.25, -0.2) is 0 Å². The maximum atomic E-state index is 2.57. The SMILES string of the molecule is C1CCC[NH+](C[C@H]2CCC[NH2+]2)CC1. The van der Waals surface area contributed by atoms with Crippen molar-refractivity contribution in [1.29, 1.82) is 0 Å². The molecule has 76 valence electrons. The minimum Gasteiger partial charge on any atom is -0.339 e. The highest BCUT2D eigenvalue weighted by Crippen LogP contribution is 2.00. The highest BCUT2D eigenvalue weighted by molar-refractivity contribution is 4.58. The van der Waals surface area contributed by atoms with Crippen molar-refractivity contribution in [2.24, 2.45) is 0 Å². The quantitative estimate of drug-likeness (QED) is 0.559. The zero-order chi connectivity index (χ0) is 8.93. The van der Waals surface area contributed by atoms with E-state index in [2.05, 4.69) is 5.32 Å². The molecule has 0 aromatic heterocycles. The Hall–Kier alpha value is -0.0800. The first-order valence-electron chi connectivity index (χ1n) is 6.12. The third-order valence-corrected chi connectivity index (χ3v) is 3.64. The Kier molecular flexibility index (Phi) is 3.62. The van der Waals surface area contributed by atoms with Gasteiger partial charge in [-0.3, -0.25) is 0 Å². The summed E-state index contributed by atoms with van der Waals surface area (Å²) in [5.74, 6) is 0. The zero-order valence-electron chi connectivity index (χ0n) is 8.73. The summed E-state index contributed by atoms with van der Waals surface area (Å²) in [6.45, 7) is 5.73. The van der Waals surface area contributed by atoms with E-state index in [1.807, 2.05) is 4.90 Å². The smallest absolute Gasteiger partial charge is 0.136 e. The van der Waals surface area contributed by atoms with Gasteiger partial charge in [0, 0.05) is 12.8 Å². The molecule has 0 spiro atoms. The summed E-state index contributed by atoms with van der Waals surface area (Å²) in [6.07, 6.45) is 8.85. The Morgan fingerprint density at radius 1 is 1.00 bits per heavy atom. The molecule has 0 bridgehead atoms. The predicted octanol–water partition coefficient (Wildman–Crippen LogP) is -0.829. The van der Waals surface area contributed by atoms with E-state index in [0.717, 1.165) is 6.04 Å². The molecule has 2 rings (SSSR count). The molecular weight excluding hydrogens is 160 g/mol. The summed E-state index contributed by atoms with van der Waals surface area (Å²) in [7, 11) is 0. The van der Waals surface area contributed by atoms with Crippen LogP contribution >= 0.6 is 0 Å². The Morgan fingerprint density at radius 2 is 1.77 bits per heavy atom. The van der Waals surface area contributed by atoms with Crippen molar-refractivity contribution in [1.82, 2.24) is 0 Å². The van der Waals surface area contributed by atoms with Gasteiger partial charge in [0.05, 0.1) is 19.6 Å². The highest BCUT2D eigenvalue weighted by Gasteiger charge is 2.24. The average Bonchev–Trinajstić information content (AvgIpc) is 2.49. The minimum atomic E-state index is 0.966. The number of nitrogens with one attached hydrogen (secondary N) is 1. The first-order valence-corrected chi connectivity index (χ1v) is 6.12. The number of quaternary nitrogens is 2. The maximum Gasteiger partial charge on any atom is 0.136 e. The molecule has 0 aliphatic carbocycles. The Bertz CT molecular complexity index is 133. The number of hydrogen-bond donors (Lipinski definition) is 2. The van der Waals surface area contributed by atoms with Gasteiger partial charge in [0.15, 0.2) is 0 Å². The first kappa shape index (κ1) is 9.47. The molecule has 0 radical (unpaired) electrons. The van der Waals surface area contributed by atoms with Crippen LogP contribution in [0.25, 0.3) is 0 Å². The predicted molar refractivity (Wildman–Crippen MR) is 53.8 cm³/mol. The first-order chi connectivity index (χ1) is 6.45. The van der Waals surface area contributed by atoms with Crippen LogP contribution in [0.4, 0.5) is 0 Å². The van der Waals surface area contributed by atoms with Crippen molar-refractivity contribution in [3.05, 3.63) is 0 Å². The molecule has 0 aromatic rings. The number of hydrogen-bond acceptors (Lipinski definition) is 0. The van der Waals surface area contributed by atoms with Gasteiger partial charge in [-0.2, -0.15) is 0 Å². The lowest BCUT2D eigenvalue weighted by Gasteiger charge is -2.18. The van der Waals surface area contributed by atoms with E-state index in [0.29, 0.717) is 0 Å². The van der Waals surface area contributed by atoms with E-state index in [4.69, 9.17) is 0 Å². The van der Waals surface area contributed by atoms with Crippen molar-refractivity contribution < 1.29 is 10.2 Å². The fourth-order valence-electron chi connectivity index (χ4n) is 2.84. The fourth-order valence-corrected chi connectivity index (χ4v) is 2.84. The van der Waals surface area contributed by atoms with Crippen LogP contribution in [0, 0.1) is 0 Å². The topological polar surface area (TPSA) is 21.1 Å². The second-order valence-corrected chi connectivity index (χ2v) is 4.80. The molecule has 2 nitrogen and oxygen atoms in total.